The van der Waals surface area contributed by atoms with Crippen LogP contribution in [0.15, 0.2) is 54.6 Å². The van der Waals surface area contributed by atoms with E-state index in [9.17, 15) is 9.90 Å². The normalized spacial score (nSPS) is 12.1. The fourth-order valence-corrected chi connectivity index (χ4v) is 3.64. The molecule has 28 heavy (non-hydrogen) atoms. The molecule has 3 rings (SSSR count). The highest BCUT2D eigenvalue weighted by molar-refractivity contribution is 6.30. The molecule has 0 aliphatic rings. The Kier molecular flexibility index (Phi) is 6.22. The summed E-state index contributed by atoms with van der Waals surface area (Å²) in [6.45, 7) is 6.33. The Hall–Kier alpha value is -2.56. The molecule has 0 unspecified atom stereocenters. The van der Waals surface area contributed by atoms with E-state index in [2.05, 4.69) is 0 Å². The number of carbonyl (C=O) groups is 1. The largest absolute Gasteiger partial charge is 0.478 e. The molecule has 1 heterocycles. The molecule has 0 bridgehead atoms. The van der Waals surface area contributed by atoms with Crippen LogP contribution >= 0.6 is 11.6 Å². The molecular formula is C23H24ClNO3. The SMILES string of the molecule is Cc1cc(Cl)ccc1-n1c(C[C@H](C)OCc2ccccc2)cc(C(=O)O)c1C. The zero-order valence-electron chi connectivity index (χ0n) is 16.3. The quantitative estimate of drug-likeness (QED) is 0.565. The van der Waals surface area contributed by atoms with Crippen LogP contribution in [0.1, 0.15) is 39.8 Å². The van der Waals surface area contributed by atoms with Gasteiger partial charge in [-0.1, -0.05) is 41.9 Å². The third-order valence-corrected chi connectivity index (χ3v) is 5.06. The average Bonchev–Trinajstić information content (AvgIpc) is 2.97. The fourth-order valence-electron chi connectivity index (χ4n) is 3.41. The number of benzene rings is 2. The molecule has 146 valence electrons. The number of nitrogens with zero attached hydrogens (tertiary/aromatic N) is 1. The first kappa shape index (κ1) is 20.2. The van der Waals surface area contributed by atoms with Gasteiger partial charge in [-0.05, 0) is 56.2 Å². The van der Waals surface area contributed by atoms with Gasteiger partial charge in [0.25, 0.3) is 0 Å². The summed E-state index contributed by atoms with van der Waals surface area (Å²) in [5.74, 6) is -0.929. The number of halogens is 1. The topological polar surface area (TPSA) is 51.5 Å². The maximum atomic E-state index is 11.7. The Balaban J connectivity index is 1.89. The summed E-state index contributed by atoms with van der Waals surface area (Å²) in [5.41, 5.74) is 4.94. The second-order valence-electron chi connectivity index (χ2n) is 7.02. The molecule has 0 fully saturated rings. The monoisotopic (exact) mass is 397 g/mol. The van der Waals surface area contributed by atoms with Crippen molar-refractivity contribution < 1.29 is 14.6 Å². The molecule has 4 nitrogen and oxygen atoms in total. The van der Waals surface area contributed by atoms with E-state index in [0.29, 0.717) is 29.3 Å². The zero-order valence-corrected chi connectivity index (χ0v) is 17.0. The Morgan fingerprint density at radius 1 is 1.14 bits per heavy atom. The van der Waals surface area contributed by atoms with Gasteiger partial charge in [0.2, 0.25) is 0 Å². The fraction of sp³-hybridized carbons (Fsp3) is 0.261. The second kappa shape index (κ2) is 8.63. The first-order valence-corrected chi connectivity index (χ1v) is 9.61. The summed E-state index contributed by atoms with van der Waals surface area (Å²) in [7, 11) is 0. The Morgan fingerprint density at radius 2 is 1.86 bits per heavy atom. The molecule has 5 heteroatoms. The van der Waals surface area contributed by atoms with Gasteiger partial charge in [0.05, 0.1) is 18.3 Å². The molecule has 0 aliphatic carbocycles. The highest BCUT2D eigenvalue weighted by Gasteiger charge is 2.20. The molecule has 2 aromatic carbocycles. The predicted molar refractivity (Wildman–Crippen MR) is 112 cm³/mol. The molecule has 1 N–H and O–H groups in total. The van der Waals surface area contributed by atoms with Crippen molar-refractivity contribution in [2.24, 2.45) is 0 Å². The molecule has 0 saturated carbocycles. The van der Waals surface area contributed by atoms with Crippen LogP contribution in [0.25, 0.3) is 5.69 Å². The third-order valence-electron chi connectivity index (χ3n) is 4.83. The van der Waals surface area contributed by atoms with Crippen molar-refractivity contribution in [3.8, 4) is 5.69 Å². The highest BCUT2D eigenvalue weighted by Crippen LogP contribution is 2.27. The van der Waals surface area contributed by atoms with Crippen LogP contribution in [-0.4, -0.2) is 21.7 Å². The van der Waals surface area contributed by atoms with E-state index in [1.54, 1.807) is 6.07 Å². The lowest BCUT2D eigenvalue weighted by Crippen LogP contribution is -2.15. The number of hydrogen-bond acceptors (Lipinski definition) is 2. The summed E-state index contributed by atoms with van der Waals surface area (Å²) < 4.78 is 8.00. The molecule has 0 aliphatic heterocycles. The number of carboxylic acids is 1. The van der Waals surface area contributed by atoms with Gasteiger partial charge in [-0.25, -0.2) is 4.79 Å². The van der Waals surface area contributed by atoms with E-state index in [1.165, 1.54) is 0 Å². The molecule has 1 aromatic heterocycles. The number of aromatic nitrogens is 1. The number of aromatic carboxylic acids is 1. The standard InChI is InChI=1S/C23H24ClNO3/c1-15-11-19(24)9-10-22(15)25-17(3)21(23(26)27)13-20(25)12-16(2)28-14-18-7-5-4-6-8-18/h4-11,13,16H,12,14H2,1-3H3,(H,26,27)/t16-/m0/s1. The van der Waals surface area contributed by atoms with Crippen LogP contribution < -0.4 is 0 Å². The van der Waals surface area contributed by atoms with Crippen LogP contribution in [0.4, 0.5) is 0 Å². The summed E-state index contributed by atoms with van der Waals surface area (Å²) in [6, 6.07) is 17.4. The van der Waals surface area contributed by atoms with E-state index in [1.807, 2.05) is 73.9 Å². The first-order chi connectivity index (χ1) is 13.4. The minimum absolute atomic E-state index is 0.0671. The maximum Gasteiger partial charge on any atom is 0.337 e. The number of aryl methyl sites for hydroxylation is 1. The van der Waals surface area contributed by atoms with Crippen molar-refractivity contribution in [2.75, 3.05) is 0 Å². The molecule has 0 spiro atoms. The number of ether oxygens (including phenoxy) is 1. The van der Waals surface area contributed by atoms with E-state index >= 15 is 0 Å². The Bertz CT molecular complexity index is 979. The lowest BCUT2D eigenvalue weighted by atomic mass is 10.1. The van der Waals surface area contributed by atoms with E-state index in [4.69, 9.17) is 16.3 Å². The van der Waals surface area contributed by atoms with E-state index in [0.717, 1.165) is 22.5 Å². The predicted octanol–water partition coefficient (Wildman–Crippen LogP) is 5.59. The minimum atomic E-state index is -0.929. The third kappa shape index (κ3) is 4.46. The number of rotatable bonds is 7. The van der Waals surface area contributed by atoms with E-state index < -0.39 is 5.97 Å². The van der Waals surface area contributed by atoms with Crippen molar-refractivity contribution in [3.05, 3.63) is 87.7 Å². The summed E-state index contributed by atoms with van der Waals surface area (Å²) in [6.07, 6.45) is 0.533. The maximum absolute atomic E-state index is 11.7. The molecule has 0 saturated heterocycles. The molecule has 0 amide bonds. The van der Waals surface area contributed by atoms with Crippen molar-refractivity contribution in [3.63, 3.8) is 0 Å². The molecular weight excluding hydrogens is 374 g/mol. The minimum Gasteiger partial charge on any atom is -0.478 e. The zero-order chi connectivity index (χ0) is 20.3. The van der Waals surface area contributed by atoms with Crippen LogP contribution in [0.2, 0.25) is 5.02 Å². The van der Waals surface area contributed by atoms with Crippen molar-refractivity contribution in [2.45, 2.75) is 39.9 Å². The van der Waals surface area contributed by atoms with Crippen molar-refractivity contribution in [1.82, 2.24) is 4.57 Å². The summed E-state index contributed by atoms with van der Waals surface area (Å²) in [4.78, 5) is 11.7. The van der Waals surface area contributed by atoms with Gasteiger partial charge in [0.1, 0.15) is 0 Å². The Labute approximate surface area is 170 Å². The van der Waals surface area contributed by atoms with Crippen molar-refractivity contribution >= 4 is 17.6 Å². The summed E-state index contributed by atoms with van der Waals surface area (Å²) >= 11 is 6.10. The first-order valence-electron chi connectivity index (χ1n) is 9.23. The second-order valence-corrected chi connectivity index (χ2v) is 7.45. The highest BCUT2D eigenvalue weighted by atomic mass is 35.5. The van der Waals surface area contributed by atoms with Crippen LogP contribution in [0, 0.1) is 13.8 Å². The molecule has 3 aromatic rings. The van der Waals surface area contributed by atoms with Gasteiger partial charge in [-0.3, -0.25) is 0 Å². The van der Waals surface area contributed by atoms with Gasteiger partial charge in [-0.15, -0.1) is 0 Å². The summed E-state index contributed by atoms with van der Waals surface area (Å²) in [5, 5.41) is 10.2. The van der Waals surface area contributed by atoms with Gasteiger partial charge in [-0.2, -0.15) is 0 Å². The number of carboxylic acid groups (broad SMARTS) is 1. The van der Waals surface area contributed by atoms with Crippen LogP contribution in [0.3, 0.4) is 0 Å². The van der Waals surface area contributed by atoms with E-state index in [-0.39, 0.29) is 6.10 Å². The molecule has 1 atom stereocenters. The van der Waals surface area contributed by atoms with Gasteiger partial charge < -0.3 is 14.4 Å². The number of hydrogen-bond donors (Lipinski definition) is 1. The Morgan fingerprint density at radius 3 is 2.50 bits per heavy atom. The van der Waals surface area contributed by atoms with Gasteiger partial charge >= 0.3 is 5.97 Å². The lowest BCUT2D eigenvalue weighted by Gasteiger charge is -2.18. The molecule has 0 radical (unpaired) electrons. The average molecular weight is 398 g/mol. The van der Waals surface area contributed by atoms with Gasteiger partial charge in [0.15, 0.2) is 0 Å². The van der Waals surface area contributed by atoms with Crippen molar-refractivity contribution in [1.29, 1.82) is 0 Å². The lowest BCUT2D eigenvalue weighted by molar-refractivity contribution is 0.0526. The van der Waals surface area contributed by atoms with Crippen LogP contribution in [0.5, 0.6) is 0 Å². The smallest absolute Gasteiger partial charge is 0.337 e. The van der Waals surface area contributed by atoms with Crippen LogP contribution in [-0.2, 0) is 17.8 Å². The van der Waals surface area contributed by atoms with Gasteiger partial charge in [0, 0.05) is 28.5 Å².